The van der Waals surface area contributed by atoms with E-state index >= 15 is 0 Å². The summed E-state index contributed by atoms with van der Waals surface area (Å²) in [6.07, 6.45) is 6.84. The molecule has 1 fully saturated rings. The van der Waals surface area contributed by atoms with Gasteiger partial charge in [-0.3, -0.25) is 14.5 Å². The van der Waals surface area contributed by atoms with Gasteiger partial charge in [-0.15, -0.1) is 6.42 Å². The number of rotatable bonds is 8. The number of carboxylic acid groups (broad SMARTS) is 1. The Morgan fingerprint density at radius 1 is 1.28 bits per heavy atom. The van der Waals surface area contributed by atoms with Crippen LogP contribution in [0.1, 0.15) is 28.4 Å². The van der Waals surface area contributed by atoms with Crippen molar-refractivity contribution in [2.45, 2.75) is 13.5 Å². The summed E-state index contributed by atoms with van der Waals surface area (Å²) < 4.78 is 12.4. The van der Waals surface area contributed by atoms with Crippen LogP contribution in [0.15, 0.2) is 41.3 Å². The summed E-state index contributed by atoms with van der Waals surface area (Å²) in [5.74, 6) is 1.57. The standard InChI is InChI=1S/C23H18INO6S/c1-3-8-25-21(26)19(32-23(25)29)12-15-10-17(24)20(18(11-15)30-4-2)31-13-14-6-5-7-16(9-14)22(27)28/h1,5-7,9-12H,4,8,13H2,2H3,(H,27,28)/p-1/b19-12+. The first-order valence-corrected chi connectivity index (χ1v) is 11.3. The van der Waals surface area contributed by atoms with Gasteiger partial charge < -0.3 is 19.4 Å². The number of hydrogen-bond acceptors (Lipinski definition) is 7. The second kappa shape index (κ2) is 10.6. The molecule has 3 rings (SSSR count). The molecule has 0 radical (unpaired) electrons. The topological polar surface area (TPSA) is 96.0 Å². The second-order valence-corrected chi connectivity index (χ2v) is 8.67. The van der Waals surface area contributed by atoms with Gasteiger partial charge in [0.25, 0.3) is 11.1 Å². The van der Waals surface area contributed by atoms with Crippen molar-refractivity contribution in [1.82, 2.24) is 4.90 Å². The Morgan fingerprint density at radius 2 is 2.06 bits per heavy atom. The van der Waals surface area contributed by atoms with Crippen molar-refractivity contribution >= 4 is 57.5 Å². The van der Waals surface area contributed by atoms with Crippen molar-refractivity contribution in [3.05, 3.63) is 61.6 Å². The third-order valence-corrected chi connectivity index (χ3v) is 6.01. The number of ether oxygens (including phenoxy) is 2. The zero-order valence-electron chi connectivity index (χ0n) is 16.9. The van der Waals surface area contributed by atoms with E-state index in [4.69, 9.17) is 15.9 Å². The molecular formula is C23H17INO6S-. The van der Waals surface area contributed by atoms with E-state index in [1.165, 1.54) is 12.1 Å². The summed E-state index contributed by atoms with van der Waals surface area (Å²) in [6.45, 7) is 2.27. The van der Waals surface area contributed by atoms with E-state index in [1.54, 1.807) is 30.3 Å². The first kappa shape index (κ1) is 23.7. The van der Waals surface area contributed by atoms with Gasteiger partial charge in [0.2, 0.25) is 0 Å². The van der Waals surface area contributed by atoms with Gasteiger partial charge in [-0.1, -0.05) is 24.1 Å². The first-order chi connectivity index (χ1) is 15.3. The summed E-state index contributed by atoms with van der Waals surface area (Å²) in [7, 11) is 0. The zero-order chi connectivity index (χ0) is 23.3. The highest BCUT2D eigenvalue weighted by Gasteiger charge is 2.34. The maximum Gasteiger partial charge on any atom is 0.294 e. The molecule has 0 atom stereocenters. The van der Waals surface area contributed by atoms with E-state index in [-0.39, 0.29) is 23.6 Å². The van der Waals surface area contributed by atoms with Gasteiger partial charge in [0.15, 0.2) is 11.5 Å². The predicted octanol–water partition coefficient (Wildman–Crippen LogP) is 3.30. The highest BCUT2D eigenvalue weighted by atomic mass is 127. The number of amides is 2. The van der Waals surface area contributed by atoms with E-state index in [0.29, 0.717) is 29.2 Å². The van der Waals surface area contributed by atoms with Crippen LogP contribution in [0.4, 0.5) is 4.79 Å². The molecule has 1 saturated heterocycles. The summed E-state index contributed by atoms with van der Waals surface area (Å²) in [4.78, 5) is 36.8. The number of benzene rings is 2. The molecular weight excluding hydrogens is 545 g/mol. The van der Waals surface area contributed by atoms with Gasteiger partial charge in [-0.2, -0.15) is 0 Å². The molecule has 32 heavy (non-hydrogen) atoms. The number of imide groups is 1. The molecule has 7 nitrogen and oxygen atoms in total. The van der Waals surface area contributed by atoms with E-state index in [1.807, 2.05) is 6.92 Å². The van der Waals surface area contributed by atoms with Crippen LogP contribution in [0, 0.1) is 15.9 Å². The molecule has 2 aromatic rings. The van der Waals surface area contributed by atoms with Crippen LogP contribution in [-0.2, 0) is 11.4 Å². The van der Waals surface area contributed by atoms with Gasteiger partial charge in [0, 0.05) is 0 Å². The first-order valence-electron chi connectivity index (χ1n) is 9.42. The molecule has 1 aliphatic rings. The molecule has 164 valence electrons. The van der Waals surface area contributed by atoms with E-state index in [9.17, 15) is 19.5 Å². The van der Waals surface area contributed by atoms with Crippen LogP contribution < -0.4 is 14.6 Å². The Hall–Kier alpha value is -2.97. The average Bonchev–Trinajstić information content (AvgIpc) is 3.01. The fourth-order valence-corrected chi connectivity index (χ4v) is 4.52. The lowest BCUT2D eigenvalue weighted by molar-refractivity contribution is -0.255. The minimum Gasteiger partial charge on any atom is -0.545 e. The van der Waals surface area contributed by atoms with Crippen LogP contribution in [-0.4, -0.2) is 35.2 Å². The lowest BCUT2D eigenvalue weighted by Crippen LogP contribution is -2.28. The molecule has 0 aromatic heterocycles. The number of terminal acetylenes is 1. The van der Waals surface area contributed by atoms with Gasteiger partial charge in [0.1, 0.15) is 6.61 Å². The highest BCUT2D eigenvalue weighted by Crippen LogP contribution is 2.37. The number of hydrogen-bond donors (Lipinski definition) is 0. The summed E-state index contributed by atoms with van der Waals surface area (Å²) in [5.41, 5.74) is 1.39. The number of carbonyl (C=O) groups excluding carboxylic acids is 3. The van der Waals surface area contributed by atoms with Gasteiger partial charge >= 0.3 is 0 Å². The molecule has 9 heteroatoms. The van der Waals surface area contributed by atoms with Crippen molar-refractivity contribution in [2.75, 3.05) is 13.2 Å². The van der Waals surface area contributed by atoms with Crippen LogP contribution in [0.5, 0.6) is 11.5 Å². The Balaban J connectivity index is 1.86. The third kappa shape index (κ3) is 5.44. The van der Waals surface area contributed by atoms with E-state index in [0.717, 1.165) is 20.2 Å². The monoisotopic (exact) mass is 562 g/mol. The second-order valence-electron chi connectivity index (χ2n) is 6.51. The quantitative estimate of drug-likeness (QED) is 0.277. The molecule has 0 spiro atoms. The number of carboxylic acids is 1. The number of nitrogens with zero attached hydrogens (tertiary/aromatic N) is 1. The Bertz CT molecular complexity index is 1150. The largest absolute Gasteiger partial charge is 0.545 e. The van der Waals surface area contributed by atoms with Gasteiger partial charge in [-0.25, -0.2) is 0 Å². The fourth-order valence-electron chi connectivity index (χ4n) is 2.90. The maximum absolute atomic E-state index is 12.4. The number of thioether (sulfide) groups is 1. The Morgan fingerprint density at radius 3 is 2.75 bits per heavy atom. The van der Waals surface area contributed by atoms with Crippen LogP contribution in [0.25, 0.3) is 6.08 Å². The maximum atomic E-state index is 12.4. The highest BCUT2D eigenvalue weighted by molar-refractivity contribution is 14.1. The van der Waals surface area contributed by atoms with E-state index in [2.05, 4.69) is 28.5 Å². The molecule has 0 aliphatic carbocycles. The van der Waals surface area contributed by atoms with Crippen LogP contribution in [0.2, 0.25) is 0 Å². The molecule has 1 aliphatic heterocycles. The smallest absolute Gasteiger partial charge is 0.294 e. The summed E-state index contributed by atoms with van der Waals surface area (Å²) >= 11 is 2.92. The van der Waals surface area contributed by atoms with Gasteiger partial charge in [-0.05, 0) is 82.2 Å². The average molecular weight is 562 g/mol. The predicted molar refractivity (Wildman–Crippen MR) is 127 cm³/mol. The molecule has 0 N–H and O–H groups in total. The molecule has 2 aromatic carbocycles. The van der Waals surface area contributed by atoms with Gasteiger partial charge in [0.05, 0.1) is 27.6 Å². The summed E-state index contributed by atoms with van der Waals surface area (Å²) in [5, 5.41) is 10.7. The fraction of sp³-hybridized carbons (Fsp3) is 0.174. The lowest BCUT2D eigenvalue weighted by Gasteiger charge is -2.15. The SMILES string of the molecule is C#CCN1C(=O)S/C(=C/c2cc(I)c(OCc3cccc(C(=O)[O-])c3)c(OCC)c2)C1=O. The molecule has 1 heterocycles. The molecule has 0 bridgehead atoms. The minimum absolute atomic E-state index is 0.0694. The number of aromatic carboxylic acids is 1. The summed E-state index contributed by atoms with van der Waals surface area (Å²) in [6, 6.07) is 9.82. The van der Waals surface area contributed by atoms with Crippen molar-refractivity contribution < 1.29 is 29.0 Å². The minimum atomic E-state index is -1.26. The van der Waals surface area contributed by atoms with Crippen molar-refractivity contribution in [3.63, 3.8) is 0 Å². The third-order valence-electron chi connectivity index (χ3n) is 4.30. The Labute approximate surface area is 202 Å². The number of carbonyl (C=O) groups is 3. The lowest BCUT2D eigenvalue weighted by atomic mass is 10.1. The van der Waals surface area contributed by atoms with Crippen LogP contribution >= 0.6 is 34.4 Å². The Kier molecular flexibility index (Phi) is 7.82. The molecule has 0 saturated carbocycles. The van der Waals surface area contributed by atoms with Crippen molar-refractivity contribution in [3.8, 4) is 23.8 Å². The van der Waals surface area contributed by atoms with Crippen molar-refractivity contribution in [1.29, 1.82) is 0 Å². The zero-order valence-corrected chi connectivity index (χ0v) is 19.9. The number of halogens is 1. The van der Waals surface area contributed by atoms with Crippen molar-refractivity contribution in [2.24, 2.45) is 0 Å². The van der Waals surface area contributed by atoms with Crippen LogP contribution in [0.3, 0.4) is 0 Å². The molecule has 0 unspecified atom stereocenters. The normalized spacial score (nSPS) is 14.5. The molecule has 2 amide bonds. The van der Waals surface area contributed by atoms with E-state index < -0.39 is 17.1 Å².